The van der Waals surface area contributed by atoms with Gasteiger partial charge in [-0.05, 0) is 75.1 Å². The lowest BCUT2D eigenvalue weighted by molar-refractivity contribution is -0.123. The molecule has 166 valence electrons. The zero-order valence-electron chi connectivity index (χ0n) is 18.0. The second-order valence-corrected chi connectivity index (χ2v) is 9.68. The molecule has 0 radical (unpaired) electrons. The molecule has 1 aliphatic carbocycles. The van der Waals surface area contributed by atoms with Crippen LogP contribution in [0.1, 0.15) is 54.1 Å². The van der Waals surface area contributed by atoms with Crippen LogP contribution < -0.4 is 10.0 Å². The molecule has 1 aliphatic rings. The van der Waals surface area contributed by atoms with Crippen molar-refractivity contribution in [2.45, 2.75) is 63.5 Å². The van der Waals surface area contributed by atoms with E-state index in [9.17, 15) is 18.0 Å². The van der Waals surface area contributed by atoms with E-state index < -0.39 is 28.0 Å². The van der Waals surface area contributed by atoms with Gasteiger partial charge in [-0.1, -0.05) is 25.0 Å². The number of nitrogens with one attached hydrogen (secondary N) is 2. The molecule has 1 fully saturated rings. The molecule has 2 aromatic carbocycles. The fraction of sp³-hybridized carbons (Fsp3) is 0.391. The first-order valence-electron chi connectivity index (χ1n) is 10.4. The van der Waals surface area contributed by atoms with E-state index in [1.54, 1.807) is 6.07 Å². The Balaban J connectivity index is 1.64. The van der Waals surface area contributed by atoms with Crippen LogP contribution in [0.3, 0.4) is 0 Å². The molecule has 0 aromatic heterocycles. The summed E-state index contributed by atoms with van der Waals surface area (Å²) in [5.41, 5.74) is 2.82. The first-order chi connectivity index (χ1) is 14.7. The molecule has 7 nitrogen and oxygen atoms in total. The Labute approximate surface area is 183 Å². The number of rotatable bonds is 7. The molecule has 0 spiro atoms. The molecule has 3 rings (SSSR count). The molecule has 2 aromatic rings. The first kappa shape index (κ1) is 23.0. The van der Waals surface area contributed by atoms with E-state index >= 15 is 0 Å². The van der Waals surface area contributed by atoms with E-state index in [0.29, 0.717) is 5.69 Å². The Hall–Kier alpha value is -2.71. The van der Waals surface area contributed by atoms with Crippen LogP contribution >= 0.6 is 0 Å². The van der Waals surface area contributed by atoms with Gasteiger partial charge in [-0.2, -0.15) is 0 Å². The third kappa shape index (κ3) is 5.92. The minimum atomic E-state index is -3.73. The smallest absolute Gasteiger partial charge is 0.338 e. The lowest BCUT2D eigenvalue weighted by Crippen LogP contribution is -2.33. The van der Waals surface area contributed by atoms with Crippen LogP contribution in [0.2, 0.25) is 0 Å². The van der Waals surface area contributed by atoms with Gasteiger partial charge in [0.2, 0.25) is 10.0 Å². The zero-order valence-corrected chi connectivity index (χ0v) is 18.8. The fourth-order valence-corrected chi connectivity index (χ4v) is 4.82. The lowest BCUT2D eigenvalue weighted by atomic mass is 10.1. The van der Waals surface area contributed by atoms with E-state index in [4.69, 9.17) is 4.74 Å². The summed E-state index contributed by atoms with van der Waals surface area (Å²) in [6.45, 7) is 5.39. The summed E-state index contributed by atoms with van der Waals surface area (Å²) in [4.78, 5) is 24.9. The van der Waals surface area contributed by atoms with Crippen molar-refractivity contribution in [3.63, 3.8) is 0 Å². The van der Waals surface area contributed by atoms with Crippen molar-refractivity contribution in [2.75, 3.05) is 5.32 Å². The van der Waals surface area contributed by atoms with E-state index in [1.807, 2.05) is 26.0 Å². The molecule has 0 saturated heterocycles. The molecule has 2 N–H and O–H groups in total. The van der Waals surface area contributed by atoms with Gasteiger partial charge in [-0.3, -0.25) is 4.79 Å². The van der Waals surface area contributed by atoms with Crippen molar-refractivity contribution in [3.05, 3.63) is 59.2 Å². The number of hydrogen-bond donors (Lipinski definition) is 2. The Morgan fingerprint density at radius 3 is 2.42 bits per heavy atom. The predicted octanol–water partition coefficient (Wildman–Crippen LogP) is 3.71. The van der Waals surface area contributed by atoms with Crippen molar-refractivity contribution in [1.82, 2.24) is 4.72 Å². The van der Waals surface area contributed by atoms with Crippen LogP contribution in [-0.2, 0) is 19.6 Å². The highest BCUT2D eigenvalue weighted by molar-refractivity contribution is 7.89. The number of carbonyl (C=O) groups excluding carboxylic acids is 2. The molecule has 1 atom stereocenters. The van der Waals surface area contributed by atoms with Gasteiger partial charge in [-0.15, -0.1) is 0 Å². The number of ether oxygens (including phenoxy) is 1. The molecule has 0 aliphatic heterocycles. The standard InChI is InChI=1S/C23H28N2O5S/c1-15-11-12-20(13-16(15)2)24-22(26)17(3)30-23(27)18-7-6-10-21(14-18)31(28,29)25-19-8-4-5-9-19/h6-7,10-14,17,19,25H,4-5,8-9H2,1-3H3,(H,24,26)/t17-/m1/s1. The van der Waals surface area contributed by atoms with Gasteiger partial charge in [0, 0.05) is 11.7 Å². The highest BCUT2D eigenvalue weighted by Gasteiger charge is 2.25. The molecule has 0 heterocycles. The predicted molar refractivity (Wildman–Crippen MR) is 118 cm³/mol. The van der Waals surface area contributed by atoms with Gasteiger partial charge in [0.1, 0.15) is 0 Å². The van der Waals surface area contributed by atoms with Crippen molar-refractivity contribution in [2.24, 2.45) is 0 Å². The summed E-state index contributed by atoms with van der Waals surface area (Å²) < 4.78 is 33.2. The SMILES string of the molecule is Cc1ccc(NC(=O)[C@@H](C)OC(=O)c2cccc(S(=O)(=O)NC3CCCC3)c2)cc1C. The van der Waals surface area contributed by atoms with Crippen LogP contribution in [0.25, 0.3) is 0 Å². The van der Waals surface area contributed by atoms with E-state index in [-0.39, 0.29) is 16.5 Å². The largest absolute Gasteiger partial charge is 0.449 e. The average molecular weight is 445 g/mol. The van der Waals surface area contributed by atoms with Gasteiger partial charge in [0.05, 0.1) is 10.5 Å². The zero-order chi connectivity index (χ0) is 22.6. The average Bonchev–Trinajstić information content (AvgIpc) is 3.23. The molecule has 0 bridgehead atoms. The third-order valence-electron chi connectivity index (χ3n) is 5.48. The number of amides is 1. The van der Waals surface area contributed by atoms with Gasteiger partial charge in [0.15, 0.2) is 6.10 Å². The van der Waals surface area contributed by atoms with E-state index in [0.717, 1.165) is 36.8 Å². The number of aryl methyl sites for hydroxylation is 2. The fourth-order valence-electron chi connectivity index (χ4n) is 3.47. The molecule has 8 heteroatoms. The Bertz CT molecular complexity index is 1080. The van der Waals surface area contributed by atoms with Crippen LogP contribution in [0.4, 0.5) is 5.69 Å². The van der Waals surface area contributed by atoms with Gasteiger partial charge in [0.25, 0.3) is 5.91 Å². The maximum atomic E-state index is 12.6. The maximum absolute atomic E-state index is 12.6. The first-order valence-corrected chi connectivity index (χ1v) is 11.9. The van der Waals surface area contributed by atoms with E-state index in [2.05, 4.69) is 10.0 Å². The third-order valence-corrected chi connectivity index (χ3v) is 7.00. The lowest BCUT2D eigenvalue weighted by Gasteiger charge is -2.15. The normalized spacial score (nSPS) is 15.5. The second-order valence-electron chi connectivity index (χ2n) is 7.97. The Morgan fingerprint density at radius 1 is 1.03 bits per heavy atom. The minimum absolute atomic E-state index is 0.00100. The number of hydrogen-bond acceptors (Lipinski definition) is 5. The molecule has 31 heavy (non-hydrogen) atoms. The number of benzene rings is 2. The van der Waals surface area contributed by atoms with Crippen LogP contribution in [0, 0.1) is 13.8 Å². The quantitative estimate of drug-likeness (QED) is 0.634. The summed E-state index contributed by atoms with van der Waals surface area (Å²) >= 11 is 0. The van der Waals surface area contributed by atoms with Crippen molar-refractivity contribution >= 4 is 27.6 Å². The molecular formula is C23H28N2O5S. The summed E-state index contributed by atoms with van der Waals surface area (Å²) in [6.07, 6.45) is 2.58. The van der Waals surface area contributed by atoms with Crippen LogP contribution in [-0.4, -0.2) is 32.4 Å². The Morgan fingerprint density at radius 2 is 1.74 bits per heavy atom. The van der Waals surface area contributed by atoms with Crippen LogP contribution in [0.15, 0.2) is 47.4 Å². The minimum Gasteiger partial charge on any atom is -0.449 e. The van der Waals surface area contributed by atoms with Crippen molar-refractivity contribution < 1.29 is 22.7 Å². The van der Waals surface area contributed by atoms with Gasteiger partial charge >= 0.3 is 5.97 Å². The van der Waals surface area contributed by atoms with Crippen LogP contribution in [0.5, 0.6) is 0 Å². The molecule has 1 saturated carbocycles. The maximum Gasteiger partial charge on any atom is 0.338 e. The summed E-state index contributed by atoms with van der Waals surface area (Å²) in [5, 5.41) is 2.72. The number of anilines is 1. The van der Waals surface area contributed by atoms with Crippen molar-refractivity contribution in [1.29, 1.82) is 0 Å². The topological polar surface area (TPSA) is 102 Å². The number of sulfonamides is 1. The summed E-state index contributed by atoms with van der Waals surface area (Å²) in [5.74, 6) is -1.23. The van der Waals surface area contributed by atoms with E-state index in [1.165, 1.54) is 31.2 Å². The van der Waals surface area contributed by atoms with Gasteiger partial charge < -0.3 is 10.1 Å². The highest BCUT2D eigenvalue weighted by Crippen LogP contribution is 2.21. The summed E-state index contributed by atoms with van der Waals surface area (Å²) in [7, 11) is -3.73. The molecule has 0 unspecified atom stereocenters. The monoisotopic (exact) mass is 444 g/mol. The number of esters is 1. The molecular weight excluding hydrogens is 416 g/mol. The molecule has 1 amide bonds. The van der Waals surface area contributed by atoms with Gasteiger partial charge in [-0.25, -0.2) is 17.9 Å². The van der Waals surface area contributed by atoms with Crippen molar-refractivity contribution in [3.8, 4) is 0 Å². The Kier molecular flexibility index (Phi) is 7.12. The number of carbonyl (C=O) groups is 2. The second kappa shape index (κ2) is 9.62. The summed E-state index contributed by atoms with van der Waals surface area (Å²) in [6, 6.07) is 11.1. The highest BCUT2D eigenvalue weighted by atomic mass is 32.2.